The third-order valence-electron chi connectivity index (χ3n) is 5.27. The Balaban J connectivity index is 2.00. The van der Waals surface area contributed by atoms with Gasteiger partial charge in [0.25, 0.3) is 0 Å². The average Bonchev–Trinajstić information content (AvgIpc) is 2.46. The van der Waals surface area contributed by atoms with Gasteiger partial charge in [-0.05, 0) is 45.4 Å². The maximum absolute atomic E-state index is 5.68. The zero-order valence-corrected chi connectivity index (χ0v) is 14.7. The highest BCUT2D eigenvalue weighted by Crippen LogP contribution is 2.37. The number of morpholine rings is 1. The molecule has 1 aliphatic carbocycles. The Kier molecular flexibility index (Phi) is 6.10. The second kappa shape index (κ2) is 7.43. The number of nitrogens with zero attached hydrogens (tertiary/aromatic N) is 1. The largest absolute Gasteiger partial charge is 0.378 e. The predicted octanol–water partition coefficient (Wildman–Crippen LogP) is 3.44. The molecule has 2 rings (SSSR count). The van der Waals surface area contributed by atoms with E-state index in [1.54, 1.807) is 0 Å². The van der Waals surface area contributed by atoms with E-state index in [-0.39, 0.29) is 5.54 Å². The average molecular weight is 296 g/mol. The highest BCUT2D eigenvalue weighted by molar-refractivity contribution is 4.91. The van der Waals surface area contributed by atoms with E-state index in [0.29, 0.717) is 11.5 Å². The van der Waals surface area contributed by atoms with E-state index < -0.39 is 0 Å². The van der Waals surface area contributed by atoms with Gasteiger partial charge in [0, 0.05) is 31.2 Å². The Morgan fingerprint density at radius 1 is 1.19 bits per heavy atom. The van der Waals surface area contributed by atoms with E-state index in [9.17, 15) is 0 Å². The van der Waals surface area contributed by atoms with Crippen LogP contribution in [0.25, 0.3) is 0 Å². The highest BCUT2D eigenvalue weighted by atomic mass is 16.5. The maximum Gasteiger partial charge on any atom is 0.0622 e. The molecule has 2 fully saturated rings. The molecule has 0 spiro atoms. The van der Waals surface area contributed by atoms with Gasteiger partial charge < -0.3 is 10.1 Å². The molecule has 3 heteroatoms. The van der Waals surface area contributed by atoms with Crippen molar-refractivity contribution in [2.45, 2.75) is 77.8 Å². The standard InChI is InChI=1S/C18H36N2O/c1-5-16-13-21-12-11-20(16)15-18(9-7-6-8-10-18)14-19-17(2,3)4/h16,19H,5-15H2,1-4H3. The van der Waals surface area contributed by atoms with Gasteiger partial charge in [0.05, 0.1) is 13.2 Å². The molecule has 0 aromatic carbocycles. The molecule has 1 aliphatic heterocycles. The van der Waals surface area contributed by atoms with Crippen LogP contribution in [0.2, 0.25) is 0 Å². The first-order valence-electron chi connectivity index (χ1n) is 9.01. The highest BCUT2D eigenvalue weighted by Gasteiger charge is 2.36. The van der Waals surface area contributed by atoms with Crippen molar-refractivity contribution < 1.29 is 4.74 Å². The van der Waals surface area contributed by atoms with Crippen molar-refractivity contribution in [2.75, 3.05) is 32.8 Å². The summed E-state index contributed by atoms with van der Waals surface area (Å²) < 4.78 is 5.68. The fourth-order valence-electron chi connectivity index (χ4n) is 3.85. The number of ether oxygens (including phenoxy) is 1. The van der Waals surface area contributed by atoms with Gasteiger partial charge in [0.15, 0.2) is 0 Å². The first-order chi connectivity index (χ1) is 9.94. The van der Waals surface area contributed by atoms with E-state index >= 15 is 0 Å². The van der Waals surface area contributed by atoms with Gasteiger partial charge >= 0.3 is 0 Å². The molecule has 0 bridgehead atoms. The smallest absolute Gasteiger partial charge is 0.0622 e. The summed E-state index contributed by atoms with van der Waals surface area (Å²) in [6.07, 6.45) is 8.24. The first kappa shape index (κ1) is 17.2. The van der Waals surface area contributed by atoms with Crippen LogP contribution < -0.4 is 5.32 Å². The molecule has 0 aromatic rings. The Bertz CT molecular complexity index is 305. The third-order valence-corrected chi connectivity index (χ3v) is 5.27. The summed E-state index contributed by atoms with van der Waals surface area (Å²) in [4.78, 5) is 2.72. The van der Waals surface area contributed by atoms with E-state index in [2.05, 4.69) is 37.9 Å². The molecule has 124 valence electrons. The van der Waals surface area contributed by atoms with Gasteiger partial charge in [0.1, 0.15) is 0 Å². The summed E-state index contributed by atoms with van der Waals surface area (Å²) in [7, 11) is 0. The molecule has 1 atom stereocenters. The van der Waals surface area contributed by atoms with Crippen molar-refractivity contribution in [3.05, 3.63) is 0 Å². The molecule has 1 heterocycles. The molecule has 0 aromatic heterocycles. The van der Waals surface area contributed by atoms with Crippen LogP contribution in [0, 0.1) is 5.41 Å². The molecule has 1 saturated heterocycles. The predicted molar refractivity (Wildman–Crippen MR) is 89.7 cm³/mol. The van der Waals surface area contributed by atoms with Crippen molar-refractivity contribution in [3.8, 4) is 0 Å². The van der Waals surface area contributed by atoms with Gasteiger partial charge in [-0.15, -0.1) is 0 Å². The normalized spacial score (nSPS) is 27.7. The van der Waals surface area contributed by atoms with Crippen LogP contribution in [-0.2, 0) is 4.74 Å². The van der Waals surface area contributed by atoms with Crippen molar-refractivity contribution in [1.82, 2.24) is 10.2 Å². The van der Waals surface area contributed by atoms with E-state index in [1.165, 1.54) is 51.6 Å². The summed E-state index contributed by atoms with van der Waals surface area (Å²) in [6, 6.07) is 0.632. The number of hydrogen-bond donors (Lipinski definition) is 1. The molecule has 21 heavy (non-hydrogen) atoms. The zero-order valence-electron chi connectivity index (χ0n) is 14.7. The van der Waals surface area contributed by atoms with Crippen LogP contribution in [0.1, 0.15) is 66.2 Å². The minimum atomic E-state index is 0.222. The van der Waals surface area contributed by atoms with Crippen molar-refractivity contribution in [3.63, 3.8) is 0 Å². The number of nitrogens with one attached hydrogen (secondary N) is 1. The van der Waals surface area contributed by atoms with Crippen LogP contribution in [0.5, 0.6) is 0 Å². The summed E-state index contributed by atoms with van der Waals surface area (Å²) >= 11 is 0. The third kappa shape index (κ3) is 5.22. The second-order valence-electron chi connectivity index (χ2n) is 8.27. The molecule has 1 N–H and O–H groups in total. The molecule has 2 aliphatic rings. The van der Waals surface area contributed by atoms with Crippen molar-refractivity contribution in [1.29, 1.82) is 0 Å². The zero-order chi connectivity index (χ0) is 15.3. The molecule has 0 amide bonds. The Morgan fingerprint density at radius 3 is 2.52 bits per heavy atom. The minimum absolute atomic E-state index is 0.222. The fraction of sp³-hybridized carbons (Fsp3) is 1.00. The topological polar surface area (TPSA) is 24.5 Å². The van der Waals surface area contributed by atoms with Crippen molar-refractivity contribution >= 4 is 0 Å². The molecular weight excluding hydrogens is 260 g/mol. The minimum Gasteiger partial charge on any atom is -0.378 e. The second-order valence-corrected chi connectivity index (χ2v) is 8.27. The first-order valence-corrected chi connectivity index (χ1v) is 9.01. The van der Waals surface area contributed by atoms with Gasteiger partial charge in [-0.3, -0.25) is 4.90 Å². The lowest BCUT2D eigenvalue weighted by Crippen LogP contribution is -2.54. The summed E-state index contributed by atoms with van der Waals surface area (Å²) in [5.74, 6) is 0. The summed E-state index contributed by atoms with van der Waals surface area (Å²) in [5, 5.41) is 3.80. The molecule has 3 nitrogen and oxygen atoms in total. The van der Waals surface area contributed by atoms with Crippen LogP contribution in [0.3, 0.4) is 0 Å². The summed E-state index contributed by atoms with van der Waals surface area (Å²) in [6.45, 7) is 14.6. The lowest BCUT2D eigenvalue weighted by atomic mass is 9.73. The molecule has 1 unspecified atom stereocenters. The van der Waals surface area contributed by atoms with Gasteiger partial charge in [-0.1, -0.05) is 26.2 Å². The van der Waals surface area contributed by atoms with Gasteiger partial charge in [-0.25, -0.2) is 0 Å². The lowest BCUT2D eigenvalue weighted by Gasteiger charge is -2.46. The van der Waals surface area contributed by atoms with E-state index in [1.807, 2.05) is 0 Å². The molecular formula is C18H36N2O. The van der Waals surface area contributed by atoms with E-state index in [4.69, 9.17) is 4.74 Å². The monoisotopic (exact) mass is 296 g/mol. The Hall–Kier alpha value is -0.120. The quantitative estimate of drug-likeness (QED) is 0.841. The maximum atomic E-state index is 5.68. The van der Waals surface area contributed by atoms with Crippen LogP contribution in [0.4, 0.5) is 0 Å². The number of hydrogen-bond acceptors (Lipinski definition) is 3. The van der Waals surface area contributed by atoms with E-state index in [0.717, 1.165) is 19.8 Å². The van der Waals surface area contributed by atoms with Crippen LogP contribution in [-0.4, -0.2) is 49.3 Å². The SMILES string of the molecule is CCC1COCCN1CC1(CNC(C)(C)C)CCCCC1. The van der Waals surface area contributed by atoms with Crippen molar-refractivity contribution in [2.24, 2.45) is 5.41 Å². The van der Waals surface area contributed by atoms with Crippen LogP contribution in [0.15, 0.2) is 0 Å². The fourth-order valence-corrected chi connectivity index (χ4v) is 3.85. The van der Waals surface area contributed by atoms with Crippen LogP contribution >= 0.6 is 0 Å². The lowest BCUT2D eigenvalue weighted by molar-refractivity contribution is -0.0351. The number of rotatable bonds is 5. The van der Waals surface area contributed by atoms with Gasteiger partial charge in [-0.2, -0.15) is 0 Å². The van der Waals surface area contributed by atoms with Gasteiger partial charge in [0.2, 0.25) is 0 Å². The molecule has 0 radical (unpaired) electrons. The summed E-state index contributed by atoms with van der Waals surface area (Å²) in [5.41, 5.74) is 0.704. The Morgan fingerprint density at radius 2 is 1.90 bits per heavy atom. The Labute approximate surface area is 131 Å². The molecule has 1 saturated carbocycles.